The molecule has 8 aromatic carbocycles. The average Bonchev–Trinajstić information content (AvgIpc) is 0.806. The summed E-state index contributed by atoms with van der Waals surface area (Å²) < 4.78 is 32.4. The van der Waals surface area contributed by atoms with E-state index in [-0.39, 0.29) is 21.7 Å². The summed E-state index contributed by atoms with van der Waals surface area (Å²) in [7, 11) is -8.14. The van der Waals surface area contributed by atoms with E-state index in [0.29, 0.717) is 0 Å². The molecule has 0 atom stereocenters. The third-order valence-corrected chi connectivity index (χ3v) is 46.5. The first-order valence-corrected chi connectivity index (χ1v) is 53.8. The fourth-order valence-corrected chi connectivity index (χ4v) is 30.1. The Balaban J connectivity index is 0.000000202. The molecule has 20 rings (SSSR count). The first kappa shape index (κ1) is 86.2. The van der Waals surface area contributed by atoms with Gasteiger partial charge >= 0.3 is 0 Å². The predicted octanol–water partition coefficient (Wildman–Crippen LogP) is 30.1. The SMILES string of the molecule is Brc1cccc(Br)c1.CC[Si](CC)(CC)OC1(c2ccc(C)cc2)C=CC(O[Si](CC)(CC)CC)(c2ccc(C3(C)C=CC(C)(c4ccc(C)cc4)C=C3)cc2)C=C1.CC[Si](CC)(CC)OC12C=CC(O[Si](CC)(CC)CC)(C=C1)c1ccc(cc1)C1(C)C=CC(C)(C=C1)c1ccc(cc1)-c1cccc(c1)-c1ccc2cc1. The lowest BCUT2D eigenvalue weighted by atomic mass is 9.70. The van der Waals surface area contributed by atoms with E-state index in [0.717, 1.165) is 81.5 Å². The fourth-order valence-electron chi connectivity index (χ4n) is 17.4. The standard InChI is InChI=1S/C50H60O2Si2.C46H62O2Si2.C6H4Br2/c1-9-53(10-2,11-3)51-49-34-36-50(37-35-49,52-54(12-4,13-5)14-6)46-28-26-44(27-29-46)48(8)32-30-47(7,31-33-48)43-22-18-39(19-23-43)41-16-15-17-42(38-41)40-20-24-45(49)25-21-40;1-11-49(12-2,13-3)47-45(41-23-19-38(8)20-24-41)33-35-46(36-34-45,48-50(14-4,15-5)16-6)42-27-25-40(26-28-42)44(10)31-29-43(9,30-32-44)39-21-17-37(7)18-22-39;7-5-2-1-3-6(8)4-5/h15-38H,9-14H2,1-8H3;17-36H,11-16H2,1-10H3;1-4H. The van der Waals surface area contributed by atoms with Crippen molar-refractivity contribution in [1.29, 1.82) is 0 Å². The molecule has 0 aromatic heterocycles. The topological polar surface area (TPSA) is 36.9 Å². The van der Waals surface area contributed by atoms with Crippen molar-refractivity contribution in [1.82, 2.24) is 0 Å². The molecule has 12 aliphatic rings. The zero-order valence-corrected chi connectivity index (χ0v) is 77.8. The maximum Gasteiger partial charge on any atom is 0.194 e. The van der Waals surface area contributed by atoms with Gasteiger partial charge in [0.2, 0.25) is 0 Å². The molecule has 0 saturated heterocycles. The number of hydrogen-bond acceptors (Lipinski definition) is 4. The van der Waals surface area contributed by atoms with E-state index in [1.165, 1.54) is 77.9 Å². The second-order valence-corrected chi connectivity index (χ2v) is 54.0. The molecule has 12 aliphatic carbocycles. The average molecular weight is 1690 g/mol. The monoisotopic (exact) mass is 1680 g/mol. The molecular weight excluding hydrogens is 1560 g/mol. The Morgan fingerprint density at radius 3 is 0.625 bits per heavy atom. The number of fused-ring (bicyclic) bond motifs is 1. The van der Waals surface area contributed by atoms with Crippen LogP contribution in [0.15, 0.2) is 300 Å². The van der Waals surface area contributed by atoms with Gasteiger partial charge in [0.1, 0.15) is 22.4 Å². The highest BCUT2D eigenvalue weighted by molar-refractivity contribution is 9.11. The molecule has 8 aromatic rings. The predicted molar refractivity (Wildman–Crippen MR) is 497 cm³/mol. The number of allylic oxidation sites excluding steroid dienone is 8. The van der Waals surface area contributed by atoms with Crippen LogP contribution in [0.2, 0.25) is 72.5 Å². The van der Waals surface area contributed by atoms with Crippen LogP contribution >= 0.6 is 31.9 Å². The smallest absolute Gasteiger partial charge is 0.194 e. The van der Waals surface area contributed by atoms with Gasteiger partial charge in [0.15, 0.2) is 33.3 Å². The van der Waals surface area contributed by atoms with E-state index < -0.39 is 55.7 Å². The molecule has 0 heterocycles. The van der Waals surface area contributed by atoms with E-state index in [9.17, 15) is 0 Å². The highest BCUT2D eigenvalue weighted by atomic mass is 79.9. The Hall–Kier alpha value is -6.65. The lowest BCUT2D eigenvalue weighted by molar-refractivity contribution is 0.121. The van der Waals surface area contributed by atoms with Crippen molar-refractivity contribution in [3.05, 3.63) is 356 Å². The molecular formula is C102H126Br2O4Si4. The van der Waals surface area contributed by atoms with Crippen LogP contribution in [0.1, 0.15) is 166 Å². The van der Waals surface area contributed by atoms with Gasteiger partial charge < -0.3 is 17.7 Å². The zero-order valence-electron chi connectivity index (χ0n) is 70.6. The van der Waals surface area contributed by atoms with E-state index in [2.05, 4.69) is 424 Å². The first-order chi connectivity index (χ1) is 53.6. The van der Waals surface area contributed by atoms with E-state index in [4.69, 9.17) is 17.7 Å². The molecule has 10 heteroatoms. The maximum atomic E-state index is 7.60. The van der Waals surface area contributed by atoms with Crippen molar-refractivity contribution < 1.29 is 17.7 Å². The van der Waals surface area contributed by atoms with Gasteiger partial charge in [-0.2, -0.15) is 0 Å². The minimum absolute atomic E-state index is 0.114. The Morgan fingerprint density at radius 1 is 0.223 bits per heavy atom. The summed E-state index contributed by atoms with van der Waals surface area (Å²) in [6.07, 6.45) is 37.9. The summed E-state index contributed by atoms with van der Waals surface area (Å²) in [4.78, 5) is 0. The van der Waals surface area contributed by atoms with Gasteiger partial charge in [-0.3, -0.25) is 0 Å². The molecule has 0 radical (unpaired) electrons. The molecule has 12 bridgehead atoms. The molecule has 0 amide bonds. The van der Waals surface area contributed by atoms with Crippen molar-refractivity contribution in [2.45, 2.75) is 241 Å². The summed E-state index contributed by atoms with van der Waals surface area (Å²) in [5.74, 6) is 0. The van der Waals surface area contributed by atoms with Crippen LogP contribution in [-0.4, -0.2) is 33.3 Å². The van der Waals surface area contributed by atoms with Crippen LogP contribution in [0, 0.1) is 13.8 Å². The molecule has 0 saturated carbocycles. The zero-order chi connectivity index (χ0) is 80.5. The lowest BCUT2D eigenvalue weighted by Crippen LogP contribution is -2.48. The molecule has 0 fully saturated rings. The second kappa shape index (κ2) is 35.4. The Bertz CT molecular complexity index is 4630. The van der Waals surface area contributed by atoms with Gasteiger partial charge in [0.05, 0.1) is 0 Å². The van der Waals surface area contributed by atoms with Crippen molar-refractivity contribution in [3.63, 3.8) is 0 Å². The molecule has 0 unspecified atom stereocenters. The fraction of sp³-hybridized carbons (Fsp3) is 0.373. The van der Waals surface area contributed by atoms with Crippen LogP contribution in [-0.2, 0) is 61.8 Å². The minimum Gasteiger partial charge on any atom is -0.401 e. The van der Waals surface area contributed by atoms with Crippen LogP contribution in [0.5, 0.6) is 0 Å². The molecule has 112 heavy (non-hydrogen) atoms. The van der Waals surface area contributed by atoms with Crippen LogP contribution < -0.4 is 0 Å². The lowest BCUT2D eigenvalue weighted by Gasteiger charge is -2.46. The summed E-state index contributed by atoms with van der Waals surface area (Å²) in [6.45, 7) is 41.4. The molecule has 0 N–H and O–H groups in total. The van der Waals surface area contributed by atoms with Crippen LogP contribution in [0.4, 0.5) is 0 Å². The number of hydrogen-bond donors (Lipinski definition) is 0. The largest absolute Gasteiger partial charge is 0.401 e. The van der Waals surface area contributed by atoms with E-state index >= 15 is 0 Å². The first-order valence-electron chi connectivity index (χ1n) is 42.1. The number of aryl methyl sites for hydroxylation is 2. The number of rotatable bonds is 24. The highest BCUT2D eigenvalue weighted by Gasteiger charge is 2.49. The van der Waals surface area contributed by atoms with Gasteiger partial charge in [-0.05, 0) is 254 Å². The van der Waals surface area contributed by atoms with Crippen molar-refractivity contribution in [2.24, 2.45) is 0 Å². The number of benzene rings is 8. The van der Waals surface area contributed by atoms with Gasteiger partial charge in [0.25, 0.3) is 0 Å². The molecule has 0 aliphatic heterocycles. The minimum atomic E-state index is -2.06. The third kappa shape index (κ3) is 18.0. The van der Waals surface area contributed by atoms with Crippen LogP contribution in [0.3, 0.4) is 0 Å². The quantitative estimate of drug-likeness (QED) is 0.0446. The molecule has 588 valence electrons. The Morgan fingerprint density at radius 2 is 0.411 bits per heavy atom. The second-order valence-electron chi connectivity index (χ2n) is 33.4. The Kier molecular flexibility index (Phi) is 27.3. The Labute approximate surface area is 696 Å². The summed E-state index contributed by atoms with van der Waals surface area (Å²) in [5.41, 5.74) is 14.0. The number of halogens is 2. The van der Waals surface area contributed by atoms with Crippen molar-refractivity contribution in [3.8, 4) is 22.3 Å². The van der Waals surface area contributed by atoms with Gasteiger partial charge in [-0.15, -0.1) is 0 Å². The normalized spacial score (nSPS) is 24.8. The van der Waals surface area contributed by atoms with E-state index in [1.807, 2.05) is 24.3 Å². The highest BCUT2D eigenvalue weighted by Crippen LogP contribution is 2.51. The van der Waals surface area contributed by atoms with Crippen LogP contribution in [0.25, 0.3) is 22.3 Å². The molecule has 4 nitrogen and oxygen atoms in total. The summed E-state index contributed by atoms with van der Waals surface area (Å²) in [6, 6.07) is 84.7. The summed E-state index contributed by atoms with van der Waals surface area (Å²) >= 11 is 6.66. The molecule has 0 spiro atoms. The maximum absolute atomic E-state index is 7.60. The van der Waals surface area contributed by atoms with Gasteiger partial charge in [-0.25, -0.2) is 0 Å². The van der Waals surface area contributed by atoms with Crippen molar-refractivity contribution >= 4 is 65.1 Å². The van der Waals surface area contributed by atoms with Gasteiger partial charge in [-0.1, -0.05) is 345 Å². The van der Waals surface area contributed by atoms with E-state index in [1.54, 1.807) is 0 Å². The van der Waals surface area contributed by atoms with Gasteiger partial charge in [0, 0.05) is 30.6 Å². The summed E-state index contributed by atoms with van der Waals surface area (Å²) in [5, 5.41) is 0. The van der Waals surface area contributed by atoms with Crippen molar-refractivity contribution in [2.75, 3.05) is 0 Å². The third-order valence-electron chi connectivity index (χ3n) is 26.9.